The maximum absolute atomic E-state index is 12.6. The number of hydrogen-bond acceptors (Lipinski definition) is 4. The predicted molar refractivity (Wildman–Crippen MR) is 89.4 cm³/mol. The molecule has 1 aliphatic heterocycles. The number of amides is 1. The van der Waals surface area contributed by atoms with Gasteiger partial charge in [-0.25, -0.2) is 4.98 Å². The van der Waals surface area contributed by atoms with Gasteiger partial charge in [0.2, 0.25) is 5.91 Å². The van der Waals surface area contributed by atoms with Crippen molar-refractivity contribution in [2.75, 3.05) is 19.3 Å². The van der Waals surface area contributed by atoms with E-state index in [0.717, 1.165) is 35.8 Å². The third-order valence-electron chi connectivity index (χ3n) is 4.18. The molecule has 0 bridgehead atoms. The molecule has 0 spiro atoms. The number of carbonyl (C=O) groups excluding carboxylic acids is 1. The molecular formula is C16H25N3O2S. The number of hydrogen-bond donors (Lipinski definition) is 0. The van der Waals surface area contributed by atoms with Gasteiger partial charge in [0, 0.05) is 37.1 Å². The van der Waals surface area contributed by atoms with Crippen LogP contribution in [0.1, 0.15) is 37.9 Å². The van der Waals surface area contributed by atoms with Gasteiger partial charge in [0.05, 0.1) is 5.92 Å². The van der Waals surface area contributed by atoms with Gasteiger partial charge in [-0.3, -0.25) is 14.2 Å². The van der Waals surface area contributed by atoms with Crippen LogP contribution in [0.4, 0.5) is 0 Å². The summed E-state index contributed by atoms with van der Waals surface area (Å²) in [5.41, 5.74) is 1.60. The van der Waals surface area contributed by atoms with Crippen LogP contribution in [0.15, 0.2) is 9.95 Å². The van der Waals surface area contributed by atoms with Crippen molar-refractivity contribution >= 4 is 17.7 Å². The van der Waals surface area contributed by atoms with E-state index in [1.54, 1.807) is 9.47 Å². The molecule has 1 aromatic rings. The van der Waals surface area contributed by atoms with Crippen LogP contribution in [-0.2, 0) is 17.8 Å². The van der Waals surface area contributed by atoms with E-state index in [0.29, 0.717) is 18.7 Å². The van der Waals surface area contributed by atoms with Crippen molar-refractivity contribution in [1.82, 2.24) is 14.5 Å². The Bertz CT molecular complexity index is 612. The second kappa shape index (κ2) is 7.31. The molecule has 0 aromatic carbocycles. The molecule has 0 saturated carbocycles. The fourth-order valence-corrected chi connectivity index (χ4v) is 3.88. The van der Waals surface area contributed by atoms with Crippen LogP contribution in [-0.4, -0.2) is 39.7 Å². The largest absolute Gasteiger partial charge is 0.345 e. The second-order valence-electron chi connectivity index (χ2n) is 5.85. The fraction of sp³-hybridized carbons (Fsp3) is 0.688. The number of unbranched alkanes of at least 4 members (excludes halogenated alkanes) is 1. The molecule has 1 atom stereocenters. The van der Waals surface area contributed by atoms with Crippen LogP contribution >= 0.6 is 11.8 Å². The monoisotopic (exact) mass is 323 g/mol. The Balaban J connectivity index is 2.21. The zero-order chi connectivity index (χ0) is 16.3. The molecule has 2 rings (SSSR count). The van der Waals surface area contributed by atoms with Crippen LogP contribution in [0, 0.1) is 12.8 Å². The van der Waals surface area contributed by atoms with E-state index < -0.39 is 0 Å². The number of carbonyl (C=O) groups is 1. The molecule has 1 amide bonds. The minimum absolute atomic E-state index is 0.0196. The van der Waals surface area contributed by atoms with E-state index in [-0.39, 0.29) is 17.4 Å². The number of thioether (sulfide) groups is 1. The lowest BCUT2D eigenvalue weighted by molar-refractivity contribution is -0.134. The normalized spacial score (nSPS) is 17.2. The van der Waals surface area contributed by atoms with Gasteiger partial charge in [-0.2, -0.15) is 0 Å². The number of aromatic nitrogens is 2. The molecule has 1 aliphatic rings. The zero-order valence-electron chi connectivity index (χ0n) is 13.9. The first-order chi connectivity index (χ1) is 10.5. The molecule has 5 nitrogen and oxygen atoms in total. The first kappa shape index (κ1) is 17.1. The van der Waals surface area contributed by atoms with Crippen molar-refractivity contribution < 1.29 is 4.79 Å². The first-order valence-electron chi connectivity index (χ1n) is 7.97. The minimum Gasteiger partial charge on any atom is -0.345 e. The summed E-state index contributed by atoms with van der Waals surface area (Å²) < 4.78 is 1.69. The predicted octanol–water partition coefficient (Wildman–Crippen LogP) is 2.09. The molecule has 0 saturated heterocycles. The van der Waals surface area contributed by atoms with Gasteiger partial charge < -0.3 is 4.90 Å². The molecule has 0 aliphatic carbocycles. The highest BCUT2D eigenvalue weighted by Crippen LogP contribution is 2.26. The fourth-order valence-electron chi connectivity index (χ4n) is 2.77. The number of nitrogens with zero attached hydrogens (tertiary/aromatic N) is 3. The van der Waals surface area contributed by atoms with E-state index in [1.807, 2.05) is 20.9 Å². The molecule has 122 valence electrons. The number of rotatable bonds is 5. The smallest absolute Gasteiger partial charge is 0.257 e. The van der Waals surface area contributed by atoms with E-state index in [4.69, 9.17) is 0 Å². The zero-order valence-corrected chi connectivity index (χ0v) is 14.7. The quantitative estimate of drug-likeness (QED) is 0.779. The molecule has 2 heterocycles. The molecule has 0 fully saturated rings. The summed E-state index contributed by atoms with van der Waals surface area (Å²) in [6, 6.07) is 0. The van der Waals surface area contributed by atoms with Gasteiger partial charge in [0.15, 0.2) is 5.16 Å². The van der Waals surface area contributed by atoms with Crippen LogP contribution in [0.25, 0.3) is 0 Å². The Kier molecular flexibility index (Phi) is 5.67. The van der Waals surface area contributed by atoms with Crippen molar-refractivity contribution in [3.8, 4) is 0 Å². The topological polar surface area (TPSA) is 55.2 Å². The van der Waals surface area contributed by atoms with Crippen molar-refractivity contribution in [3.05, 3.63) is 21.6 Å². The van der Waals surface area contributed by atoms with Gasteiger partial charge in [-0.1, -0.05) is 32.0 Å². The highest BCUT2D eigenvalue weighted by Gasteiger charge is 2.29. The highest BCUT2D eigenvalue weighted by atomic mass is 32.2. The van der Waals surface area contributed by atoms with Gasteiger partial charge in [0.1, 0.15) is 0 Å². The number of fused-ring (bicyclic) bond motifs is 1. The van der Waals surface area contributed by atoms with Gasteiger partial charge in [0.25, 0.3) is 5.56 Å². The third kappa shape index (κ3) is 3.37. The molecule has 0 radical (unpaired) electrons. The lowest BCUT2D eigenvalue weighted by Gasteiger charge is -2.28. The summed E-state index contributed by atoms with van der Waals surface area (Å²) in [6.45, 7) is 7.21. The van der Waals surface area contributed by atoms with Crippen molar-refractivity contribution in [1.29, 1.82) is 0 Å². The Morgan fingerprint density at radius 3 is 2.82 bits per heavy atom. The number of aryl methyl sites for hydroxylation is 1. The van der Waals surface area contributed by atoms with E-state index >= 15 is 0 Å². The van der Waals surface area contributed by atoms with E-state index in [2.05, 4.69) is 11.9 Å². The van der Waals surface area contributed by atoms with Crippen LogP contribution in [0.3, 0.4) is 0 Å². The minimum atomic E-state index is -0.133. The summed E-state index contributed by atoms with van der Waals surface area (Å²) >= 11 is 1.52. The molecule has 0 N–H and O–H groups in total. The van der Waals surface area contributed by atoms with Crippen LogP contribution in [0.5, 0.6) is 0 Å². The molecular weight excluding hydrogens is 298 g/mol. The van der Waals surface area contributed by atoms with E-state index in [1.165, 1.54) is 11.8 Å². The lowest BCUT2D eigenvalue weighted by Crippen LogP contribution is -2.42. The van der Waals surface area contributed by atoms with Crippen molar-refractivity contribution in [3.63, 3.8) is 0 Å². The summed E-state index contributed by atoms with van der Waals surface area (Å²) in [5.74, 6) is 0.704. The van der Waals surface area contributed by atoms with Gasteiger partial charge in [-0.05, 0) is 19.8 Å². The van der Waals surface area contributed by atoms with Crippen molar-refractivity contribution in [2.45, 2.75) is 51.7 Å². The highest BCUT2D eigenvalue weighted by molar-refractivity contribution is 7.99. The Morgan fingerprint density at radius 1 is 1.45 bits per heavy atom. The Hall–Kier alpha value is -1.30. The van der Waals surface area contributed by atoms with Gasteiger partial charge >= 0.3 is 0 Å². The third-order valence-corrected chi connectivity index (χ3v) is 5.32. The van der Waals surface area contributed by atoms with Crippen LogP contribution < -0.4 is 5.56 Å². The Labute approximate surface area is 136 Å². The summed E-state index contributed by atoms with van der Waals surface area (Å²) in [4.78, 5) is 31.4. The summed E-state index contributed by atoms with van der Waals surface area (Å²) in [5, 5.41) is 0.750. The van der Waals surface area contributed by atoms with Crippen molar-refractivity contribution in [2.24, 2.45) is 5.92 Å². The average Bonchev–Trinajstić information content (AvgIpc) is 2.52. The molecule has 22 heavy (non-hydrogen) atoms. The lowest BCUT2D eigenvalue weighted by atomic mass is 10.1. The standard InChI is InChI=1S/C16H25N3O2S/c1-5-7-8-18(4)14(20)12-9-19-15(21)13(6-2)11(3)17-16(19)22-10-12/h12H,5-10H2,1-4H3. The second-order valence-corrected chi connectivity index (χ2v) is 6.84. The molecule has 6 heteroatoms. The first-order valence-corrected chi connectivity index (χ1v) is 8.96. The van der Waals surface area contributed by atoms with Gasteiger partial charge in [-0.15, -0.1) is 0 Å². The average molecular weight is 323 g/mol. The summed E-state index contributed by atoms with van der Waals surface area (Å²) in [6.07, 6.45) is 2.76. The SMILES string of the molecule is CCCCN(C)C(=O)C1CSc2nc(C)c(CC)c(=O)n2C1. The summed E-state index contributed by atoms with van der Waals surface area (Å²) in [7, 11) is 1.85. The molecule has 1 unspecified atom stereocenters. The molecule has 1 aromatic heterocycles. The Morgan fingerprint density at radius 2 is 2.18 bits per heavy atom. The van der Waals surface area contributed by atoms with E-state index in [9.17, 15) is 9.59 Å². The maximum Gasteiger partial charge on any atom is 0.257 e. The maximum atomic E-state index is 12.6. The van der Waals surface area contributed by atoms with Crippen LogP contribution in [0.2, 0.25) is 0 Å².